The zero-order chi connectivity index (χ0) is 25.2. The second-order valence-electron chi connectivity index (χ2n) is 8.65. The van der Waals surface area contributed by atoms with Crippen LogP contribution in [0.25, 0.3) is 16.5 Å². The van der Waals surface area contributed by atoms with Gasteiger partial charge in [-0.25, -0.2) is 4.79 Å². The van der Waals surface area contributed by atoms with E-state index in [9.17, 15) is 9.59 Å². The van der Waals surface area contributed by atoms with E-state index in [1.165, 1.54) is 6.08 Å². The molecule has 1 aliphatic carbocycles. The Bertz CT molecular complexity index is 1400. The van der Waals surface area contributed by atoms with Crippen LogP contribution in [0.5, 0.6) is 17.2 Å². The predicted molar refractivity (Wildman–Crippen MR) is 140 cm³/mol. The number of urea groups is 1. The van der Waals surface area contributed by atoms with Crippen LogP contribution in [0.2, 0.25) is 5.02 Å². The van der Waals surface area contributed by atoms with E-state index in [-0.39, 0.29) is 18.0 Å². The summed E-state index contributed by atoms with van der Waals surface area (Å²) >= 11 is 6.41. The fraction of sp³-hybridized carbons (Fsp3) is 0.222. The third-order valence-electron chi connectivity index (χ3n) is 6.10. The molecule has 2 aromatic carbocycles. The maximum Gasteiger partial charge on any atom is 0.319 e. The highest BCUT2D eigenvalue weighted by Gasteiger charge is 2.24. The van der Waals surface area contributed by atoms with Gasteiger partial charge in [0.15, 0.2) is 0 Å². The van der Waals surface area contributed by atoms with Crippen molar-refractivity contribution < 1.29 is 19.1 Å². The van der Waals surface area contributed by atoms with Crippen LogP contribution in [-0.2, 0) is 4.79 Å². The summed E-state index contributed by atoms with van der Waals surface area (Å²) in [7, 11) is 1.61. The van der Waals surface area contributed by atoms with Gasteiger partial charge in [-0.05, 0) is 48.8 Å². The summed E-state index contributed by atoms with van der Waals surface area (Å²) in [4.78, 5) is 30.3. The Labute approximate surface area is 213 Å². The minimum atomic E-state index is -0.274. The molecule has 8 nitrogen and oxygen atoms in total. The summed E-state index contributed by atoms with van der Waals surface area (Å²) in [5.74, 6) is 1.64. The molecule has 1 saturated carbocycles. The van der Waals surface area contributed by atoms with Crippen molar-refractivity contribution in [2.24, 2.45) is 0 Å². The molecule has 3 aromatic rings. The Hall–Kier alpha value is -4.04. The Morgan fingerprint density at radius 2 is 2.03 bits per heavy atom. The van der Waals surface area contributed by atoms with Gasteiger partial charge in [-0.1, -0.05) is 24.3 Å². The number of methoxy groups -OCH3 is 1. The molecular weight excluding hydrogens is 480 g/mol. The first-order valence-corrected chi connectivity index (χ1v) is 12.0. The number of halogens is 1. The first kappa shape index (κ1) is 23.7. The summed E-state index contributed by atoms with van der Waals surface area (Å²) in [6, 6.07) is 10.7. The summed E-state index contributed by atoms with van der Waals surface area (Å²) in [6.07, 6.45) is 6.99. The van der Waals surface area contributed by atoms with Gasteiger partial charge in [0.25, 0.3) is 0 Å². The van der Waals surface area contributed by atoms with Gasteiger partial charge >= 0.3 is 6.03 Å². The smallest absolute Gasteiger partial charge is 0.319 e. The summed E-state index contributed by atoms with van der Waals surface area (Å²) in [6.45, 7) is 4.54. The number of amides is 3. The zero-order valence-corrected chi connectivity index (χ0v) is 20.5. The van der Waals surface area contributed by atoms with E-state index in [1.54, 1.807) is 42.5 Å². The standard InChI is InChI=1S/C27H25ClN4O4/c1-3-26(33)32-11-9-16(15-32)19-13-20-23(14-25(19)35-2)29-10-8-24(20)36-18-6-7-22(21(28)12-18)31-27(34)30-17-4-5-17/h3,6-10,12-14,17H,1,4-5,11,15H2,2H3,(H2,30,31,34). The van der Waals surface area contributed by atoms with Crippen LogP contribution in [0.15, 0.2) is 61.3 Å². The average molecular weight is 505 g/mol. The quantitative estimate of drug-likeness (QED) is 0.421. The van der Waals surface area contributed by atoms with Crippen molar-refractivity contribution in [2.45, 2.75) is 18.9 Å². The fourth-order valence-corrected chi connectivity index (χ4v) is 4.28. The number of nitrogens with one attached hydrogen (secondary N) is 2. The molecule has 1 fully saturated rings. The monoisotopic (exact) mass is 504 g/mol. The normalized spacial score (nSPS) is 14.8. The third kappa shape index (κ3) is 4.99. The highest BCUT2D eigenvalue weighted by molar-refractivity contribution is 6.33. The number of carbonyl (C=O) groups is 2. The Morgan fingerprint density at radius 3 is 2.75 bits per heavy atom. The first-order valence-electron chi connectivity index (χ1n) is 11.6. The minimum Gasteiger partial charge on any atom is -0.496 e. The molecule has 1 aliphatic heterocycles. The molecule has 0 radical (unpaired) electrons. The van der Waals surface area contributed by atoms with Gasteiger partial charge in [0.05, 0.1) is 23.3 Å². The molecule has 0 bridgehead atoms. The maximum atomic E-state index is 12.1. The van der Waals surface area contributed by atoms with Crippen LogP contribution in [-0.4, -0.2) is 48.1 Å². The van der Waals surface area contributed by atoms with Crippen molar-refractivity contribution >= 4 is 45.7 Å². The van der Waals surface area contributed by atoms with Crippen LogP contribution in [0.1, 0.15) is 18.4 Å². The summed E-state index contributed by atoms with van der Waals surface area (Å²) in [5, 5.41) is 6.78. The van der Waals surface area contributed by atoms with E-state index < -0.39 is 0 Å². The van der Waals surface area contributed by atoms with Gasteiger partial charge in [-0.15, -0.1) is 0 Å². The van der Waals surface area contributed by atoms with E-state index in [4.69, 9.17) is 21.1 Å². The number of hydrogen-bond acceptors (Lipinski definition) is 5. The molecule has 0 saturated heterocycles. The van der Waals surface area contributed by atoms with Crippen molar-refractivity contribution in [3.63, 3.8) is 0 Å². The number of pyridine rings is 1. The van der Waals surface area contributed by atoms with Crippen LogP contribution in [0.4, 0.5) is 10.5 Å². The number of carbonyl (C=O) groups excluding carboxylic acids is 2. The Kier molecular flexibility index (Phi) is 6.52. The zero-order valence-electron chi connectivity index (χ0n) is 19.7. The minimum absolute atomic E-state index is 0.119. The van der Waals surface area contributed by atoms with E-state index in [0.29, 0.717) is 46.6 Å². The van der Waals surface area contributed by atoms with Crippen LogP contribution < -0.4 is 20.1 Å². The third-order valence-corrected chi connectivity index (χ3v) is 6.42. The maximum absolute atomic E-state index is 12.1. The second-order valence-corrected chi connectivity index (χ2v) is 9.05. The molecule has 1 aromatic heterocycles. The topological polar surface area (TPSA) is 92.8 Å². The average Bonchev–Trinajstić information content (AvgIpc) is 3.55. The largest absolute Gasteiger partial charge is 0.496 e. The highest BCUT2D eigenvalue weighted by atomic mass is 35.5. The van der Waals surface area contributed by atoms with Gasteiger partial charge < -0.3 is 25.0 Å². The van der Waals surface area contributed by atoms with Crippen molar-refractivity contribution in [3.8, 4) is 17.2 Å². The highest BCUT2D eigenvalue weighted by Crippen LogP contribution is 2.38. The number of anilines is 1. The van der Waals surface area contributed by atoms with Crippen LogP contribution in [0.3, 0.4) is 0 Å². The lowest BCUT2D eigenvalue weighted by Crippen LogP contribution is -2.30. The van der Waals surface area contributed by atoms with Crippen molar-refractivity contribution in [2.75, 3.05) is 25.5 Å². The molecular formula is C27H25ClN4O4. The Morgan fingerprint density at radius 1 is 1.19 bits per heavy atom. The Balaban J connectivity index is 1.41. The molecule has 0 unspecified atom stereocenters. The lowest BCUT2D eigenvalue weighted by molar-refractivity contribution is -0.124. The molecule has 0 spiro atoms. The number of benzene rings is 2. The molecule has 3 amide bonds. The number of rotatable bonds is 7. The molecule has 2 aliphatic rings. The molecule has 2 N–H and O–H groups in total. The van der Waals surface area contributed by atoms with Gasteiger partial charge in [0.2, 0.25) is 5.91 Å². The van der Waals surface area contributed by atoms with E-state index in [1.807, 2.05) is 18.2 Å². The molecule has 9 heteroatoms. The fourth-order valence-electron chi connectivity index (χ4n) is 4.06. The lowest BCUT2D eigenvalue weighted by atomic mass is 10.0. The predicted octanol–water partition coefficient (Wildman–Crippen LogP) is 5.38. The van der Waals surface area contributed by atoms with E-state index >= 15 is 0 Å². The number of fused-ring (bicyclic) bond motifs is 1. The number of ether oxygens (including phenoxy) is 2. The van der Waals surface area contributed by atoms with Gasteiger partial charge in [0.1, 0.15) is 17.2 Å². The second kappa shape index (κ2) is 9.91. The SMILES string of the molecule is C=CC(=O)N1CC=C(c2cc3c(Oc4ccc(NC(=O)NC5CC5)c(Cl)c4)ccnc3cc2OC)C1. The van der Waals surface area contributed by atoms with Crippen LogP contribution >= 0.6 is 11.6 Å². The van der Waals surface area contributed by atoms with E-state index in [2.05, 4.69) is 22.2 Å². The molecule has 5 rings (SSSR count). The number of aromatic nitrogens is 1. The lowest BCUT2D eigenvalue weighted by Gasteiger charge is -2.16. The van der Waals surface area contributed by atoms with Crippen molar-refractivity contribution in [3.05, 3.63) is 71.9 Å². The number of nitrogens with zero attached hydrogens (tertiary/aromatic N) is 2. The molecule has 0 atom stereocenters. The van der Waals surface area contributed by atoms with E-state index in [0.717, 1.165) is 29.4 Å². The summed E-state index contributed by atoms with van der Waals surface area (Å²) in [5.41, 5.74) is 3.04. The van der Waals surface area contributed by atoms with Gasteiger partial charge in [-0.2, -0.15) is 0 Å². The molecule has 36 heavy (non-hydrogen) atoms. The number of hydrogen-bond donors (Lipinski definition) is 2. The van der Waals surface area contributed by atoms with Gasteiger partial charge in [0, 0.05) is 48.4 Å². The van der Waals surface area contributed by atoms with Gasteiger partial charge in [-0.3, -0.25) is 9.78 Å². The molecule has 2 heterocycles. The van der Waals surface area contributed by atoms with Crippen molar-refractivity contribution in [1.29, 1.82) is 0 Å². The van der Waals surface area contributed by atoms with Crippen LogP contribution in [0, 0.1) is 0 Å². The summed E-state index contributed by atoms with van der Waals surface area (Å²) < 4.78 is 11.8. The first-order chi connectivity index (χ1) is 17.4. The molecule has 184 valence electrons. The van der Waals surface area contributed by atoms with Crippen molar-refractivity contribution in [1.82, 2.24) is 15.2 Å².